The van der Waals surface area contributed by atoms with Gasteiger partial charge in [0.1, 0.15) is 5.82 Å². The Labute approximate surface area is 104 Å². The van der Waals surface area contributed by atoms with Gasteiger partial charge >= 0.3 is 6.18 Å². The lowest BCUT2D eigenvalue weighted by Crippen LogP contribution is -2.39. The molecule has 0 bridgehead atoms. The van der Waals surface area contributed by atoms with E-state index in [9.17, 15) is 13.2 Å². The zero-order valence-electron chi connectivity index (χ0n) is 10.6. The van der Waals surface area contributed by atoms with Crippen LogP contribution in [0.2, 0.25) is 0 Å². The largest absolute Gasteiger partial charge is 0.415 e. The molecule has 4 nitrogen and oxygen atoms in total. The van der Waals surface area contributed by atoms with Crippen molar-refractivity contribution in [2.75, 3.05) is 13.6 Å². The molecule has 0 radical (unpaired) electrons. The number of halogens is 3. The molecule has 18 heavy (non-hydrogen) atoms. The Kier molecular flexibility index (Phi) is 4.75. The molecule has 0 fully saturated rings. The molecule has 0 aliphatic rings. The molecule has 1 aromatic heterocycles. The highest BCUT2D eigenvalue weighted by molar-refractivity contribution is 4.94. The van der Waals surface area contributed by atoms with Crippen LogP contribution in [0, 0.1) is 0 Å². The summed E-state index contributed by atoms with van der Waals surface area (Å²) in [5.41, 5.74) is 0. The van der Waals surface area contributed by atoms with Crippen LogP contribution in [-0.2, 0) is 6.54 Å². The number of imidazole rings is 1. The second-order valence-electron chi connectivity index (χ2n) is 4.60. The summed E-state index contributed by atoms with van der Waals surface area (Å²) in [6, 6.07) is 0.198. The molecule has 1 heterocycles. The van der Waals surface area contributed by atoms with Gasteiger partial charge in [0.2, 0.25) is 0 Å². The number of rotatable bonds is 5. The highest BCUT2D eigenvalue weighted by Gasteiger charge is 2.38. The molecule has 1 N–H and O–H groups in total. The maximum atomic E-state index is 12.2. The summed E-state index contributed by atoms with van der Waals surface area (Å²) < 4.78 is 38.5. The normalized spacial score (nSPS) is 14.5. The van der Waals surface area contributed by atoms with Crippen molar-refractivity contribution in [3.63, 3.8) is 0 Å². The van der Waals surface area contributed by atoms with Gasteiger partial charge in [0.25, 0.3) is 0 Å². The van der Waals surface area contributed by atoms with Crippen molar-refractivity contribution in [2.45, 2.75) is 38.7 Å². The van der Waals surface area contributed by atoms with Crippen molar-refractivity contribution in [1.29, 1.82) is 0 Å². The Balaban J connectivity index is 2.60. The molecule has 1 aromatic rings. The minimum Gasteiger partial charge on any atom is -0.382 e. The van der Waals surface area contributed by atoms with E-state index in [4.69, 9.17) is 5.11 Å². The summed E-state index contributed by atoms with van der Waals surface area (Å²) in [6.45, 7) is 3.73. The lowest BCUT2D eigenvalue weighted by atomic mass is 10.3. The molecule has 0 spiro atoms. The van der Waals surface area contributed by atoms with Crippen molar-refractivity contribution >= 4 is 0 Å². The van der Waals surface area contributed by atoms with Gasteiger partial charge in [0.15, 0.2) is 6.10 Å². The molecule has 7 heteroatoms. The number of hydrogen-bond acceptors (Lipinski definition) is 3. The lowest BCUT2D eigenvalue weighted by molar-refractivity contribution is -0.207. The third-order valence-electron chi connectivity index (χ3n) is 2.58. The average Bonchev–Trinajstić information content (AvgIpc) is 2.63. The van der Waals surface area contributed by atoms with E-state index in [0.29, 0.717) is 5.82 Å². The van der Waals surface area contributed by atoms with Crippen LogP contribution in [0.5, 0.6) is 0 Å². The number of aromatic nitrogens is 2. The Morgan fingerprint density at radius 1 is 1.44 bits per heavy atom. The first-order valence-corrected chi connectivity index (χ1v) is 5.67. The first-order chi connectivity index (χ1) is 8.21. The van der Waals surface area contributed by atoms with Crippen molar-refractivity contribution in [2.24, 2.45) is 0 Å². The Morgan fingerprint density at radius 2 is 2.06 bits per heavy atom. The van der Waals surface area contributed by atoms with Gasteiger partial charge in [-0.25, -0.2) is 4.98 Å². The van der Waals surface area contributed by atoms with Crippen LogP contribution in [-0.4, -0.2) is 45.4 Å². The number of alkyl halides is 3. The average molecular weight is 265 g/mol. The van der Waals surface area contributed by atoms with Crippen LogP contribution in [0.3, 0.4) is 0 Å². The predicted molar refractivity (Wildman–Crippen MR) is 61.0 cm³/mol. The van der Waals surface area contributed by atoms with Gasteiger partial charge in [-0.3, -0.25) is 4.90 Å². The highest BCUT2D eigenvalue weighted by Crippen LogP contribution is 2.21. The SMILES string of the molecule is CC(C)n1ccnc1CN(C)CC(O)C(F)(F)F. The lowest BCUT2D eigenvalue weighted by Gasteiger charge is -2.22. The number of hydrogen-bond donors (Lipinski definition) is 1. The van der Waals surface area contributed by atoms with E-state index in [0.717, 1.165) is 0 Å². The van der Waals surface area contributed by atoms with Gasteiger partial charge < -0.3 is 9.67 Å². The molecule has 0 aromatic carbocycles. The second-order valence-corrected chi connectivity index (χ2v) is 4.60. The molecule has 0 aliphatic heterocycles. The third-order valence-corrected chi connectivity index (χ3v) is 2.58. The quantitative estimate of drug-likeness (QED) is 0.883. The standard InChI is InChI=1S/C11H18F3N3O/c1-8(2)17-5-4-15-10(17)7-16(3)6-9(18)11(12,13)14/h4-5,8-9,18H,6-7H2,1-3H3. The monoisotopic (exact) mass is 265 g/mol. The highest BCUT2D eigenvalue weighted by atomic mass is 19.4. The predicted octanol–water partition coefficient (Wildman–Crippen LogP) is 1.82. The number of likely N-dealkylation sites (N-methyl/N-ethyl adjacent to an activating group) is 1. The molecule has 0 saturated carbocycles. The summed E-state index contributed by atoms with van der Waals surface area (Å²) >= 11 is 0. The van der Waals surface area contributed by atoms with Crippen LogP contribution < -0.4 is 0 Å². The minimum atomic E-state index is -4.58. The molecule has 1 rings (SSSR count). The molecule has 0 saturated heterocycles. The first kappa shape index (κ1) is 15.0. The fourth-order valence-corrected chi connectivity index (χ4v) is 1.64. The van der Waals surface area contributed by atoms with Crippen LogP contribution >= 0.6 is 0 Å². The van der Waals surface area contributed by atoms with Gasteiger partial charge in [-0.2, -0.15) is 13.2 Å². The van der Waals surface area contributed by atoms with E-state index in [2.05, 4.69) is 4.98 Å². The fraction of sp³-hybridized carbons (Fsp3) is 0.727. The van der Waals surface area contributed by atoms with Gasteiger partial charge in [-0.15, -0.1) is 0 Å². The molecule has 0 amide bonds. The van der Waals surface area contributed by atoms with Crippen molar-refractivity contribution in [3.05, 3.63) is 18.2 Å². The Hall–Kier alpha value is -1.08. The number of aliphatic hydroxyl groups is 1. The van der Waals surface area contributed by atoms with Gasteiger partial charge in [-0.05, 0) is 20.9 Å². The Bertz CT molecular complexity index is 376. The second kappa shape index (κ2) is 5.71. The molecule has 1 atom stereocenters. The minimum absolute atomic E-state index is 0.198. The molecular formula is C11H18F3N3O. The summed E-state index contributed by atoms with van der Waals surface area (Å²) in [5, 5.41) is 8.97. The van der Waals surface area contributed by atoms with Crippen LogP contribution in [0.25, 0.3) is 0 Å². The summed E-state index contributed by atoms with van der Waals surface area (Å²) in [5.74, 6) is 0.682. The van der Waals surface area contributed by atoms with Gasteiger partial charge in [0, 0.05) is 25.0 Å². The van der Waals surface area contributed by atoms with Crippen molar-refractivity contribution in [1.82, 2.24) is 14.5 Å². The van der Waals surface area contributed by atoms with E-state index in [1.54, 1.807) is 12.4 Å². The zero-order valence-corrected chi connectivity index (χ0v) is 10.6. The van der Waals surface area contributed by atoms with Crippen molar-refractivity contribution < 1.29 is 18.3 Å². The Morgan fingerprint density at radius 3 is 2.56 bits per heavy atom. The van der Waals surface area contributed by atoms with E-state index in [1.807, 2.05) is 18.4 Å². The topological polar surface area (TPSA) is 41.3 Å². The van der Waals surface area contributed by atoms with Crippen molar-refractivity contribution in [3.8, 4) is 0 Å². The molecule has 0 aliphatic carbocycles. The maximum Gasteiger partial charge on any atom is 0.415 e. The fourth-order valence-electron chi connectivity index (χ4n) is 1.64. The van der Waals surface area contributed by atoms with E-state index < -0.39 is 18.8 Å². The van der Waals surface area contributed by atoms with Crippen LogP contribution in [0.1, 0.15) is 25.7 Å². The summed E-state index contributed by atoms with van der Waals surface area (Å²) in [6.07, 6.45) is -3.51. The number of aliphatic hydroxyl groups excluding tert-OH is 1. The zero-order chi connectivity index (χ0) is 13.9. The maximum absolute atomic E-state index is 12.2. The molecule has 104 valence electrons. The summed E-state index contributed by atoms with van der Waals surface area (Å²) in [7, 11) is 1.52. The smallest absolute Gasteiger partial charge is 0.382 e. The first-order valence-electron chi connectivity index (χ1n) is 5.67. The molecule has 1 unspecified atom stereocenters. The van der Waals surface area contributed by atoms with E-state index >= 15 is 0 Å². The van der Waals surface area contributed by atoms with E-state index in [-0.39, 0.29) is 12.6 Å². The summed E-state index contributed by atoms with van der Waals surface area (Å²) in [4.78, 5) is 5.51. The van der Waals surface area contributed by atoms with Gasteiger partial charge in [0.05, 0.1) is 6.54 Å². The number of nitrogens with zero attached hydrogens (tertiary/aromatic N) is 3. The third kappa shape index (κ3) is 3.99. The van der Waals surface area contributed by atoms with Crippen LogP contribution in [0.15, 0.2) is 12.4 Å². The van der Waals surface area contributed by atoms with E-state index in [1.165, 1.54) is 11.9 Å². The molecular weight excluding hydrogens is 247 g/mol. The van der Waals surface area contributed by atoms with Crippen LogP contribution in [0.4, 0.5) is 13.2 Å². The van der Waals surface area contributed by atoms with Gasteiger partial charge in [-0.1, -0.05) is 0 Å².